The maximum Gasteiger partial charge on any atom is 0.272 e. The Morgan fingerprint density at radius 1 is 1.07 bits per heavy atom. The molecule has 1 aromatic heterocycles. The van der Waals surface area contributed by atoms with Crippen LogP contribution in [0.15, 0.2) is 42.6 Å². The topological polar surface area (TPSA) is 49.3 Å². The Labute approximate surface area is 168 Å². The number of hydrogen-bond acceptors (Lipinski definition) is 4. The van der Waals surface area contributed by atoms with Crippen LogP contribution < -0.4 is 4.90 Å². The van der Waals surface area contributed by atoms with Crippen molar-refractivity contribution < 1.29 is 4.79 Å². The zero-order chi connectivity index (χ0) is 19.8. The zero-order valence-electron chi connectivity index (χ0n) is 17.2. The highest BCUT2D eigenvalue weighted by Crippen LogP contribution is 2.24. The van der Waals surface area contributed by atoms with Crippen molar-refractivity contribution in [2.45, 2.75) is 46.0 Å². The molecule has 28 heavy (non-hydrogen) atoms. The van der Waals surface area contributed by atoms with Crippen LogP contribution in [0.5, 0.6) is 0 Å². The molecule has 0 aliphatic carbocycles. The first-order valence-corrected chi connectivity index (χ1v) is 10.6. The van der Waals surface area contributed by atoms with E-state index < -0.39 is 0 Å². The van der Waals surface area contributed by atoms with Crippen molar-refractivity contribution in [3.8, 4) is 0 Å². The Bertz CT molecular complexity index is 735. The van der Waals surface area contributed by atoms with Gasteiger partial charge in [0.1, 0.15) is 5.69 Å². The standard InChI is InChI=1S/C23H32N4O/c1-3-14-26(15-4-2)22(28)21-10-13-24-23(25-21)27-16-11-20(12-17-27)18-19-8-6-5-7-9-19/h5-10,13,20H,3-4,11-12,14-18H2,1-2H3. The molecule has 0 radical (unpaired) electrons. The van der Waals surface area contributed by atoms with Crippen molar-refractivity contribution >= 4 is 11.9 Å². The Kier molecular flexibility index (Phi) is 7.40. The van der Waals surface area contributed by atoms with Crippen LogP contribution in [0.2, 0.25) is 0 Å². The summed E-state index contributed by atoms with van der Waals surface area (Å²) in [5.74, 6) is 1.41. The molecule has 0 unspecified atom stereocenters. The van der Waals surface area contributed by atoms with Gasteiger partial charge in [-0.1, -0.05) is 44.2 Å². The van der Waals surface area contributed by atoms with E-state index in [1.807, 2.05) is 4.90 Å². The number of anilines is 1. The van der Waals surface area contributed by atoms with Crippen LogP contribution in [-0.2, 0) is 6.42 Å². The second kappa shape index (κ2) is 10.2. The van der Waals surface area contributed by atoms with Crippen molar-refractivity contribution in [3.05, 3.63) is 53.9 Å². The fourth-order valence-corrected chi connectivity index (χ4v) is 3.92. The first-order valence-electron chi connectivity index (χ1n) is 10.6. The molecule has 2 aromatic rings. The van der Waals surface area contributed by atoms with Gasteiger partial charge in [0.2, 0.25) is 5.95 Å². The predicted molar refractivity (Wildman–Crippen MR) is 114 cm³/mol. The summed E-state index contributed by atoms with van der Waals surface area (Å²) in [5.41, 5.74) is 1.93. The molecule has 150 valence electrons. The zero-order valence-corrected chi connectivity index (χ0v) is 17.2. The van der Waals surface area contributed by atoms with E-state index in [0.717, 1.165) is 58.3 Å². The van der Waals surface area contributed by atoms with Gasteiger partial charge in [-0.25, -0.2) is 9.97 Å². The van der Waals surface area contributed by atoms with Crippen molar-refractivity contribution in [1.29, 1.82) is 0 Å². The van der Waals surface area contributed by atoms with Gasteiger partial charge >= 0.3 is 0 Å². The van der Waals surface area contributed by atoms with Crippen LogP contribution >= 0.6 is 0 Å². The van der Waals surface area contributed by atoms with Crippen molar-refractivity contribution in [2.24, 2.45) is 5.92 Å². The van der Waals surface area contributed by atoms with Crippen molar-refractivity contribution in [3.63, 3.8) is 0 Å². The molecule has 3 rings (SSSR count). The van der Waals surface area contributed by atoms with E-state index in [2.05, 4.69) is 59.0 Å². The number of piperidine rings is 1. The number of rotatable bonds is 8. The largest absolute Gasteiger partial charge is 0.341 e. The van der Waals surface area contributed by atoms with Crippen LogP contribution in [0.3, 0.4) is 0 Å². The Hall–Kier alpha value is -2.43. The number of nitrogens with zero attached hydrogens (tertiary/aromatic N) is 4. The van der Waals surface area contributed by atoms with Gasteiger partial charge in [-0.3, -0.25) is 4.79 Å². The molecule has 1 fully saturated rings. The predicted octanol–water partition coefficient (Wildman–Crippen LogP) is 4.20. The molecule has 0 saturated carbocycles. The SMILES string of the molecule is CCCN(CCC)C(=O)c1ccnc(N2CCC(Cc3ccccc3)CC2)n1. The van der Waals surface area contributed by atoms with E-state index in [0.29, 0.717) is 17.6 Å². The first kappa shape index (κ1) is 20.3. The minimum Gasteiger partial charge on any atom is -0.341 e. The Morgan fingerprint density at radius 2 is 1.75 bits per heavy atom. The highest BCUT2D eigenvalue weighted by atomic mass is 16.2. The van der Waals surface area contributed by atoms with Gasteiger partial charge in [-0.15, -0.1) is 0 Å². The molecule has 1 aliphatic rings. The number of hydrogen-bond donors (Lipinski definition) is 0. The smallest absolute Gasteiger partial charge is 0.272 e. The molecule has 0 N–H and O–H groups in total. The fraction of sp³-hybridized carbons (Fsp3) is 0.522. The number of benzene rings is 1. The molecular formula is C23H32N4O. The third kappa shape index (κ3) is 5.31. The Morgan fingerprint density at radius 3 is 2.39 bits per heavy atom. The van der Waals surface area contributed by atoms with Crippen LogP contribution in [0, 0.1) is 5.92 Å². The lowest BCUT2D eigenvalue weighted by Crippen LogP contribution is -2.37. The van der Waals surface area contributed by atoms with Crippen LogP contribution in [0.4, 0.5) is 5.95 Å². The molecule has 5 heteroatoms. The average molecular weight is 381 g/mol. The van der Waals surface area contributed by atoms with E-state index in [4.69, 9.17) is 0 Å². The van der Waals surface area contributed by atoms with Gasteiger partial charge in [0, 0.05) is 32.4 Å². The second-order valence-electron chi connectivity index (χ2n) is 7.65. The number of amides is 1. The van der Waals surface area contributed by atoms with E-state index in [1.165, 1.54) is 5.56 Å². The summed E-state index contributed by atoms with van der Waals surface area (Å²) in [7, 11) is 0. The summed E-state index contributed by atoms with van der Waals surface area (Å²) in [6.07, 6.45) is 7.04. The minimum atomic E-state index is 0.0197. The van der Waals surface area contributed by atoms with E-state index in [9.17, 15) is 4.79 Å². The summed E-state index contributed by atoms with van der Waals surface area (Å²) >= 11 is 0. The highest BCUT2D eigenvalue weighted by Gasteiger charge is 2.23. The van der Waals surface area contributed by atoms with Gasteiger partial charge in [0.05, 0.1) is 0 Å². The lowest BCUT2D eigenvalue weighted by atomic mass is 9.90. The molecule has 5 nitrogen and oxygen atoms in total. The van der Waals surface area contributed by atoms with Gasteiger partial charge in [-0.2, -0.15) is 0 Å². The maximum absolute atomic E-state index is 12.8. The molecule has 0 bridgehead atoms. The molecule has 0 spiro atoms. The lowest BCUT2D eigenvalue weighted by Gasteiger charge is -2.32. The van der Waals surface area contributed by atoms with Crippen molar-refractivity contribution in [2.75, 3.05) is 31.1 Å². The minimum absolute atomic E-state index is 0.0197. The summed E-state index contributed by atoms with van der Waals surface area (Å²) in [6, 6.07) is 12.5. The Balaban J connectivity index is 1.60. The second-order valence-corrected chi connectivity index (χ2v) is 7.65. The van der Waals surface area contributed by atoms with E-state index >= 15 is 0 Å². The normalized spacial score (nSPS) is 14.9. The monoisotopic (exact) mass is 380 g/mol. The van der Waals surface area contributed by atoms with E-state index in [-0.39, 0.29) is 5.91 Å². The van der Waals surface area contributed by atoms with E-state index in [1.54, 1.807) is 12.3 Å². The maximum atomic E-state index is 12.8. The molecule has 0 atom stereocenters. The van der Waals surface area contributed by atoms with Gasteiger partial charge in [0.25, 0.3) is 5.91 Å². The fourth-order valence-electron chi connectivity index (χ4n) is 3.92. The average Bonchev–Trinajstić information content (AvgIpc) is 2.74. The quantitative estimate of drug-likeness (QED) is 0.689. The molecular weight excluding hydrogens is 348 g/mol. The number of aromatic nitrogens is 2. The van der Waals surface area contributed by atoms with Gasteiger partial charge < -0.3 is 9.80 Å². The van der Waals surface area contributed by atoms with Crippen LogP contribution in [0.1, 0.15) is 55.6 Å². The third-order valence-corrected chi connectivity index (χ3v) is 5.40. The van der Waals surface area contributed by atoms with Gasteiger partial charge in [-0.05, 0) is 49.7 Å². The molecule has 2 heterocycles. The first-order chi connectivity index (χ1) is 13.7. The van der Waals surface area contributed by atoms with Gasteiger partial charge in [0.15, 0.2) is 0 Å². The highest BCUT2D eigenvalue weighted by molar-refractivity contribution is 5.92. The van der Waals surface area contributed by atoms with Crippen LogP contribution in [-0.4, -0.2) is 47.0 Å². The van der Waals surface area contributed by atoms with Crippen molar-refractivity contribution in [1.82, 2.24) is 14.9 Å². The summed E-state index contributed by atoms with van der Waals surface area (Å²) in [6.45, 7) is 7.64. The molecule has 1 aromatic carbocycles. The summed E-state index contributed by atoms with van der Waals surface area (Å²) in [5, 5.41) is 0. The lowest BCUT2D eigenvalue weighted by molar-refractivity contribution is 0.0749. The number of carbonyl (C=O) groups is 1. The number of carbonyl (C=O) groups excluding carboxylic acids is 1. The molecule has 1 amide bonds. The molecule has 1 saturated heterocycles. The third-order valence-electron chi connectivity index (χ3n) is 5.40. The summed E-state index contributed by atoms with van der Waals surface area (Å²) in [4.78, 5) is 26.0. The van der Waals surface area contributed by atoms with Crippen LogP contribution in [0.25, 0.3) is 0 Å². The molecule has 1 aliphatic heterocycles. The summed E-state index contributed by atoms with van der Waals surface area (Å²) < 4.78 is 0.